The van der Waals surface area contributed by atoms with Crippen molar-refractivity contribution in [3.63, 3.8) is 0 Å². The van der Waals surface area contributed by atoms with Gasteiger partial charge in [-0.25, -0.2) is 9.97 Å². The Labute approximate surface area is 186 Å². The second-order valence-corrected chi connectivity index (χ2v) is 9.13. The Balaban J connectivity index is 1.47. The number of hydrogen-bond acceptors (Lipinski definition) is 5. The fraction of sp³-hybridized carbons (Fsp3) is 0.542. The molecule has 1 N–H and O–H groups in total. The van der Waals surface area contributed by atoms with Crippen LogP contribution in [0.2, 0.25) is 0 Å². The number of imidazole rings is 1. The molecule has 32 heavy (non-hydrogen) atoms. The second kappa shape index (κ2) is 8.63. The quantitative estimate of drug-likeness (QED) is 0.676. The molecule has 0 aromatic carbocycles. The molecule has 1 aliphatic carbocycles. The molecule has 0 atom stereocenters. The molecule has 2 aliphatic rings. The molecule has 1 aliphatic heterocycles. The van der Waals surface area contributed by atoms with Crippen LogP contribution in [0, 0.1) is 34.5 Å². The van der Waals surface area contributed by atoms with Gasteiger partial charge in [-0.05, 0) is 50.5 Å². The highest BCUT2D eigenvalue weighted by Crippen LogP contribution is 2.38. The fourth-order valence-corrected chi connectivity index (χ4v) is 5.40. The number of nitriles is 2. The lowest BCUT2D eigenvalue weighted by Crippen LogP contribution is -2.39. The molecule has 0 bridgehead atoms. The predicted molar refractivity (Wildman–Crippen MR) is 119 cm³/mol. The summed E-state index contributed by atoms with van der Waals surface area (Å²) >= 11 is 0. The number of rotatable bonds is 4. The molecule has 3 aromatic heterocycles. The van der Waals surface area contributed by atoms with Crippen LogP contribution in [0.15, 0.2) is 18.5 Å². The molecule has 3 aromatic rings. The number of hydrogen-bond donors (Lipinski definition) is 1. The van der Waals surface area contributed by atoms with Crippen molar-refractivity contribution in [3.8, 4) is 12.1 Å². The first kappa shape index (κ1) is 20.5. The van der Waals surface area contributed by atoms with Gasteiger partial charge in [0.2, 0.25) is 5.91 Å². The molecule has 2 fully saturated rings. The van der Waals surface area contributed by atoms with E-state index in [1.165, 1.54) is 0 Å². The molecular formula is C24H27N7O. The third-order valence-electron chi connectivity index (χ3n) is 7.21. The molecule has 164 valence electrons. The largest absolute Gasteiger partial charge is 0.346 e. The Kier molecular flexibility index (Phi) is 5.53. The van der Waals surface area contributed by atoms with E-state index < -0.39 is 0 Å². The third-order valence-corrected chi connectivity index (χ3v) is 7.21. The van der Waals surface area contributed by atoms with Crippen molar-refractivity contribution >= 4 is 28.0 Å². The zero-order valence-electron chi connectivity index (χ0n) is 18.1. The predicted octanol–water partition coefficient (Wildman–Crippen LogP) is 3.86. The summed E-state index contributed by atoms with van der Waals surface area (Å²) in [4.78, 5) is 27.6. The van der Waals surface area contributed by atoms with E-state index >= 15 is 0 Å². The van der Waals surface area contributed by atoms with Crippen LogP contribution in [0.1, 0.15) is 56.8 Å². The van der Waals surface area contributed by atoms with E-state index in [0.29, 0.717) is 25.4 Å². The summed E-state index contributed by atoms with van der Waals surface area (Å²) in [6.45, 7) is 1.28. The zero-order chi connectivity index (χ0) is 22.1. The molecule has 0 radical (unpaired) electrons. The summed E-state index contributed by atoms with van der Waals surface area (Å²) in [5, 5.41) is 19.2. The van der Waals surface area contributed by atoms with E-state index in [1.54, 1.807) is 6.20 Å². The summed E-state index contributed by atoms with van der Waals surface area (Å²) in [6.07, 6.45) is 10.1. The second-order valence-electron chi connectivity index (χ2n) is 9.13. The highest BCUT2D eigenvalue weighted by Gasteiger charge is 2.29. The fourth-order valence-electron chi connectivity index (χ4n) is 5.40. The van der Waals surface area contributed by atoms with Gasteiger partial charge in [-0.2, -0.15) is 10.5 Å². The summed E-state index contributed by atoms with van der Waals surface area (Å²) in [6, 6.07) is 6.94. The Hall–Kier alpha value is -3.39. The van der Waals surface area contributed by atoms with E-state index in [9.17, 15) is 4.79 Å². The molecule has 8 nitrogen and oxygen atoms in total. The molecule has 1 amide bonds. The number of likely N-dealkylation sites (tertiary alicyclic amines) is 1. The summed E-state index contributed by atoms with van der Waals surface area (Å²) in [5.41, 5.74) is 2.70. The minimum atomic E-state index is 0.0557. The first-order valence-corrected chi connectivity index (χ1v) is 11.5. The number of aromatic nitrogens is 4. The lowest BCUT2D eigenvalue weighted by molar-refractivity contribution is -0.131. The highest BCUT2D eigenvalue weighted by molar-refractivity contribution is 6.01. The molecular weight excluding hydrogens is 402 g/mol. The van der Waals surface area contributed by atoms with Gasteiger partial charge in [0.1, 0.15) is 17.0 Å². The maximum Gasteiger partial charge on any atom is 0.230 e. The first-order chi connectivity index (χ1) is 15.7. The molecule has 0 spiro atoms. The Morgan fingerprint density at radius 3 is 2.66 bits per heavy atom. The topological polar surface area (TPSA) is 114 Å². The van der Waals surface area contributed by atoms with Crippen molar-refractivity contribution < 1.29 is 4.79 Å². The summed E-state index contributed by atoms with van der Waals surface area (Å²) in [7, 11) is 0. The standard InChI is InChI=1S/C24H27N7O/c25-9-5-16-1-3-18(4-2-16)31-21(13-22(32)30-11-7-17(14-26)8-12-30)29-20-15-28-24-19(23(20)31)6-10-27-24/h6,10,15-18H,1-5,7-8,11-13H2,(H,27,28)/t16-,18-. The van der Waals surface area contributed by atoms with Gasteiger partial charge in [-0.1, -0.05) is 0 Å². The van der Waals surface area contributed by atoms with Gasteiger partial charge in [-0.15, -0.1) is 0 Å². The van der Waals surface area contributed by atoms with E-state index in [0.717, 1.165) is 66.4 Å². The minimum absolute atomic E-state index is 0.0557. The van der Waals surface area contributed by atoms with Crippen molar-refractivity contribution in [1.82, 2.24) is 24.4 Å². The number of aromatic amines is 1. The number of pyridine rings is 1. The Morgan fingerprint density at radius 1 is 1.16 bits per heavy atom. The van der Waals surface area contributed by atoms with Gasteiger partial charge in [-0.3, -0.25) is 4.79 Å². The van der Waals surface area contributed by atoms with Gasteiger partial charge in [0.25, 0.3) is 0 Å². The van der Waals surface area contributed by atoms with Gasteiger partial charge < -0.3 is 14.5 Å². The molecule has 0 unspecified atom stereocenters. The third kappa shape index (κ3) is 3.71. The molecule has 4 heterocycles. The number of fused-ring (bicyclic) bond motifs is 3. The highest BCUT2D eigenvalue weighted by atomic mass is 16.2. The summed E-state index contributed by atoms with van der Waals surface area (Å²) < 4.78 is 2.29. The van der Waals surface area contributed by atoms with Gasteiger partial charge in [0, 0.05) is 43.1 Å². The molecule has 1 saturated carbocycles. The van der Waals surface area contributed by atoms with Crippen LogP contribution in [0.5, 0.6) is 0 Å². The van der Waals surface area contributed by atoms with Crippen molar-refractivity contribution in [2.24, 2.45) is 11.8 Å². The number of nitrogens with one attached hydrogen (secondary N) is 1. The maximum atomic E-state index is 13.2. The normalized spacial score (nSPS) is 22.1. The number of amides is 1. The summed E-state index contributed by atoms with van der Waals surface area (Å²) in [5.74, 6) is 1.40. The van der Waals surface area contributed by atoms with Crippen molar-refractivity contribution in [3.05, 3.63) is 24.3 Å². The average Bonchev–Trinajstić information content (AvgIpc) is 3.44. The number of carbonyl (C=O) groups is 1. The van der Waals surface area contributed by atoms with Crippen molar-refractivity contribution in [2.75, 3.05) is 13.1 Å². The van der Waals surface area contributed by atoms with Crippen molar-refractivity contribution in [2.45, 2.75) is 57.4 Å². The maximum absolute atomic E-state index is 13.2. The monoisotopic (exact) mass is 429 g/mol. The van der Waals surface area contributed by atoms with Gasteiger partial charge >= 0.3 is 0 Å². The van der Waals surface area contributed by atoms with Gasteiger partial charge in [0.15, 0.2) is 0 Å². The average molecular weight is 430 g/mol. The lowest BCUT2D eigenvalue weighted by Gasteiger charge is -2.31. The van der Waals surface area contributed by atoms with Gasteiger partial charge in [0.05, 0.1) is 30.3 Å². The van der Waals surface area contributed by atoms with Crippen LogP contribution in [0.3, 0.4) is 0 Å². The molecule has 1 saturated heterocycles. The van der Waals surface area contributed by atoms with E-state index in [2.05, 4.69) is 26.7 Å². The SMILES string of the molecule is N#CC[C@H]1CC[C@H](n2c(CC(=O)N3CCC(C#N)CC3)nc3cnc4[nH]ccc4c32)CC1. The smallest absolute Gasteiger partial charge is 0.230 e. The van der Waals surface area contributed by atoms with E-state index in [-0.39, 0.29) is 24.3 Å². The Bertz CT molecular complexity index is 1210. The molecule has 8 heteroatoms. The lowest BCUT2D eigenvalue weighted by atomic mass is 9.84. The number of piperidine rings is 1. The number of carbonyl (C=O) groups excluding carboxylic acids is 1. The van der Waals surface area contributed by atoms with Crippen LogP contribution in [0.4, 0.5) is 0 Å². The van der Waals surface area contributed by atoms with Crippen LogP contribution < -0.4 is 0 Å². The Morgan fingerprint density at radius 2 is 1.94 bits per heavy atom. The minimum Gasteiger partial charge on any atom is -0.346 e. The van der Waals surface area contributed by atoms with Crippen LogP contribution in [0.25, 0.3) is 22.1 Å². The zero-order valence-corrected chi connectivity index (χ0v) is 18.1. The van der Waals surface area contributed by atoms with E-state index in [4.69, 9.17) is 15.5 Å². The molecule has 5 rings (SSSR count). The van der Waals surface area contributed by atoms with Crippen LogP contribution in [-0.4, -0.2) is 43.4 Å². The first-order valence-electron chi connectivity index (χ1n) is 11.5. The number of nitrogens with zero attached hydrogens (tertiary/aromatic N) is 6. The van der Waals surface area contributed by atoms with Crippen LogP contribution in [-0.2, 0) is 11.2 Å². The van der Waals surface area contributed by atoms with Crippen molar-refractivity contribution in [1.29, 1.82) is 10.5 Å². The van der Waals surface area contributed by atoms with Crippen LogP contribution >= 0.6 is 0 Å². The number of H-pyrrole nitrogens is 1. The van der Waals surface area contributed by atoms with E-state index in [1.807, 2.05) is 17.2 Å².